The number of rotatable bonds is 9. The molecule has 0 aromatic carbocycles. The van der Waals surface area contributed by atoms with Gasteiger partial charge < -0.3 is 9.33 Å². The Morgan fingerprint density at radius 2 is 1.88 bits per heavy atom. The highest BCUT2D eigenvalue weighted by Gasteiger charge is 2.37. The molecule has 0 saturated carbocycles. The quantitative estimate of drug-likeness (QED) is 0.365. The minimum Gasteiger partial charge on any atom is -0.415 e. The summed E-state index contributed by atoms with van der Waals surface area (Å²) >= 11 is 3.52. The van der Waals surface area contributed by atoms with Crippen molar-refractivity contribution in [3.8, 4) is 0 Å². The van der Waals surface area contributed by atoms with Crippen LogP contribution in [0.25, 0.3) is 0 Å². The minimum absolute atomic E-state index is 0.224. The molecule has 140 valence electrons. The first-order valence-electron chi connectivity index (χ1n) is 9.34. The first-order chi connectivity index (χ1) is 11.1. The number of alkyl halides is 1. The van der Waals surface area contributed by atoms with Crippen molar-refractivity contribution in [1.29, 1.82) is 0 Å². The maximum atomic E-state index is 12.5. The summed E-state index contributed by atoms with van der Waals surface area (Å²) in [6, 6.07) is 0. The van der Waals surface area contributed by atoms with E-state index in [1.165, 1.54) is 5.57 Å². The number of ketones is 1. The molecular formula is C19H36BrNO2Si. The Morgan fingerprint density at radius 3 is 2.42 bits per heavy atom. The summed E-state index contributed by atoms with van der Waals surface area (Å²) in [6.07, 6.45) is 4.82. The molecule has 0 aromatic heterocycles. The summed E-state index contributed by atoms with van der Waals surface area (Å²) in [6.45, 7) is 16.0. The topological polar surface area (TPSA) is 29.5 Å². The molecule has 0 N–H and O–H groups in total. The largest absolute Gasteiger partial charge is 0.415 e. The molecule has 0 aliphatic heterocycles. The highest BCUT2D eigenvalue weighted by Crippen LogP contribution is 2.36. The number of carbonyl (C=O) groups is 1. The van der Waals surface area contributed by atoms with Crippen molar-refractivity contribution in [2.45, 2.75) is 77.9 Å². The van der Waals surface area contributed by atoms with Gasteiger partial charge in [-0.3, -0.25) is 4.79 Å². The maximum absolute atomic E-state index is 12.5. The van der Waals surface area contributed by atoms with Crippen LogP contribution in [0.4, 0.5) is 0 Å². The second kappa shape index (κ2) is 9.53. The lowest BCUT2D eigenvalue weighted by molar-refractivity contribution is -0.117. The lowest BCUT2D eigenvalue weighted by Crippen LogP contribution is -2.43. The van der Waals surface area contributed by atoms with E-state index in [1.807, 2.05) is 0 Å². The third kappa shape index (κ3) is 5.99. The highest BCUT2D eigenvalue weighted by atomic mass is 79.9. The lowest BCUT2D eigenvalue weighted by Gasteiger charge is -2.37. The molecule has 0 heterocycles. The fraction of sp³-hybridized carbons (Fsp3) is 0.842. The van der Waals surface area contributed by atoms with Crippen LogP contribution in [0.1, 0.15) is 59.8 Å². The van der Waals surface area contributed by atoms with E-state index in [-0.39, 0.29) is 5.04 Å². The van der Waals surface area contributed by atoms with Gasteiger partial charge in [0, 0.05) is 24.8 Å². The summed E-state index contributed by atoms with van der Waals surface area (Å²) in [5.41, 5.74) is 2.34. The van der Waals surface area contributed by atoms with E-state index < -0.39 is 8.32 Å². The summed E-state index contributed by atoms with van der Waals surface area (Å²) in [5, 5.41) is 1.19. The van der Waals surface area contributed by atoms with Gasteiger partial charge in [-0.2, -0.15) is 0 Å². The fourth-order valence-electron chi connectivity index (χ4n) is 2.85. The van der Waals surface area contributed by atoms with Crippen LogP contribution in [0.5, 0.6) is 0 Å². The van der Waals surface area contributed by atoms with E-state index in [9.17, 15) is 4.79 Å². The Hall–Kier alpha value is -0.133. The van der Waals surface area contributed by atoms with E-state index >= 15 is 0 Å². The molecule has 0 amide bonds. The van der Waals surface area contributed by atoms with Crippen molar-refractivity contribution in [3.05, 3.63) is 11.3 Å². The van der Waals surface area contributed by atoms with Crippen LogP contribution in [-0.2, 0) is 9.22 Å². The van der Waals surface area contributed by atoms with Gasteiger partial charge in [-0.1, -0.05) is 43.6 Å². The van der Waals surface area contributed by atoms with Crippen LogP contribution in [0.3, 0.4) is 0 Å². The van der Waals surface area contributed by atoms with Crippen molar-refractivity contribution in [1.82, 2.24) is 4.90 Å². The Labute approximate surface area is 158 Å². The van der Waals surface area contributed by atoms with Gasteiger partial charge in [-0.25, -0.2) is 0 Å². The van der Waals surface area contributed by atoms with Gasteiger partial charge in [0.05, 0.1) is 12.3 Å². The molecule has 24 heavy (non-hydrogen) atoms. The SMILES string of the molecule is CCC1=C(N(CCCBr)CCO[Si](C)(C)C(C)(C)C)C(=O)CCC1. The zero-order chi connectivity index (χ0) is 18.4. The van der Waals surface area contributed by atoms with Crippen LogP contribution in [-0.4, -0.2) is 44.0 Å². The molecule has 0 fully saturated rings. The Balaban J connectivity index is 2.82. The molecule has 5 heteroatoms. The van der Waals surface area contributed by atoms with E-state index in [0.717, 1.165) is 49.8 Å². The van der Waals surface area contributed by atoms with Crippen LogP contribution < -0.4 is 0 Å². The third-order valence-corrected chi connectivity index (χ3v) is 10.5. The minimum atomic E-state index is -1.73. The molecule has 1 aliphatic carbocycles. The van der Waals surface area contributed by atoms with Gasteiger partial charge in [0.25, 0.3) is 0 Å². The average Bonchev–Trinajstić information content (AvgIpc) is 2.49. The number of nitrogens with zero attached hydrogens (tertiary/aromatic N) is 1. The third-order valence-electron chi connectivity index (χ3n) is 5.42. The molecule has 0 atom stereocenters. The second-order valence-corrected chi connectivity index (χ2v) is 13.8. The lowest BCUT2D eigenvalue weighted by atomic mass is 9.92. The Bertz CT molecular complexity index is 455. The molecule has 0 spiro atoms. The number of halogens is 1. The van der Waals surface area contributed by atoms with E-state index in [0.29, 0.717) is 18.8 Å². The van der Waals surface area contributed by atoms with Crippen LogP contribution in [0, 0.1) is 0 Å². The standard InChI is InChI=1S/C19H36BrNO2Si/c1-7-16-10-8-11-17(22)18(16)21(13-9-12-20)14-15-23-24(5,6)19(2,3)4/h7-15H2,1-6H3. The predicted molar refractivity (Wildman–Crippen MR) is 109 cm³/mol. The first-order valence-corrected chi connectivity index (χ1v) is 13.4. The van der Waals surface area contributed by atoms with Gasteiger partial charge >= 0.3 is 0 Å². The summed E-state index contributed by atoms with van der Waals surface area (Å²) in [5.74, 6) is 0.333. The number of Topliss-reactive ketones (excluding diaryl/α,β-unsaturated/α-hetero) is 1. The summed E-state index contributed by atoms with van der Waals surface area (Å²) < 4.78 is 6.35. The van der Waals surface area contributed by atoms with Crippen molar-refractivity contribution in [2.75, 3.05) is 25.0 Å². The number of hydrogen-bond donors (Lipinski definition) is 0. The van der Waals surface area contributed by atoms with Crippen LogP contribution >= 0.6 is 15.9 Å². The summed E-state index contributed by atoms with van der Waals surface area (Å²) in [4.78, 5) is 14.8. The molecule has 0 saturated heterocycles. The van der Waals surface area contributed by atoms with Gasteiger partial charge in [-0.15, -0.1) is 0 Å². The number of allylic oxidation sites excluding steroid dienone is 2. The van der Waals surface area contributed by atoms with E-state index in [2.05, 4.69) is 61.6 Å². The maximum Gasteiger partial charge on any atom is 0.192 e. The Kier molecular flexibility index (Phi) is 8.70. The summed E-state index contributed by atoms with van der Waals surface area (Å²) in [7, 11) is -1.73. The van der Waals surface area contributed by atoms with Gasteiger partial charge in [-0.05, 0) is 49.4 Å². The number of carbonyl (C=O) groups excluding carboxylic acids is 1. The van der Waals surface area contributed by atoms with Crippen LogP contribution in [0.15, 0.2) is 11.3 Å². The van der Waals surface area contributed by atoms with Gasteiger partial charge in [0.15, 0.2) is 14.1 Å². The predicted octanol–water partition coefficient (Wildman–Crippen LogP) is 5.51. The molecule has 1 aliphatic rings. The van der Waals surface area contributed by atoms with E-state index in [1.54, 1.807) is 0 Å². The molecule has 0 bridgehead atoms. The monoisotopic (exact) mass is 417 g/mol. The van der Waals surface area contributed by atoms with Crippen molar-refractivity contribution >= 4 is 30.0 Å². The Morgan fingerprint density at radius 1 is 1.21 bits per heavy atom. The van der Waals surface area contributed by atoms with E-state index in [4.69, 9.17) is 4.43 Å². The molecule has 0 radical (unpaired) electrons. The zero-order valence-corrected chi connectivity index (χ0v) is 19.1. The van der Waals surface area contributed by atoms with Crippen molar-refractivity contribution in [3.63, 3.8) is 0 Å². The van der Waals surface area contributed by atoms with Crippen molar-refractivity contribution in [2.24, 2.45) is 0 Å². The van der Waals surface area contributed by atoms with Gasteiger partial charge in [0.2, 0.25) is 0 Å². The molecular weight excluding hydrogens is 382 g/mol. The molecule has 1 rings (SSSR count). The number of hydrogen-bond acceptors (Lipinski definition) is 3. The average molecular weight is 418 g/mol. The fourth-order valence-corrected chi connectivity index (χ4v) is 4.14. The second-order valence-electron chi connectivity index (χ2n) is 8.22. The normalized spacial score (nSPS) is 16.7. The molecule has 3 nitrogen and oxygen atoms in total. The first kappa shape index (κ1) is 21.9. The highest BCUT2D eigenvalue weighted by molar-refractivity contribution is 9.09. The zero-order valence-electron chi connectivity index (χ0n) is 16.5. The molecule has 0 aromatic rings. The van der Waals surface area contributed by atoms with Gasteiger partial charge in [0.1, 0.15) is 0 Å². The van der Waals surface area contributed by atoms with Crippen LogP contribution in [0.2, 0.25) is 18.1 Å². The van der Waals surface area contributed by atoms with Crippen molar-refractivity contribution < 1.29 is 9.22 Å². The molecule has 0 unspecified atom stereocenters. The smallest absolute Gasteiger partial charge is 0.192 e.